The standard InChI is InChI=1S/C25H29N7/c1-16-12-17(2)24(18(3)13-16)30-23-14-22(28-21-8-10-27-11-9-21)31-25(32-23)29-20-6-4-19(15-26)5-7-20/h4-7,12-14,21,27H,8-11H2,1-3H3,(H3,28,29,30,31,32). The van der Waals surface area contributed by atoms with Crippen molar-refractivity contribution in [2.75, 3.05) is 29.0 Å². The number of aryl methyl sites for hydroxylation is 3. The van der Waals surface area contributed by atoms with E-state index in [2.05, 4.69) is 60.2 Å². The molecule has 1 aliphatic heterocycles. The van der Waals surface area contributed by atoms with Gasteiger partial charge < -0.3 is 21.3 Å². The van der Waals surface area contributed by atoms with Crippen LogP contribution in [0.1, 0.15) is 35.1 Å². The van der Waals surface area contributed by atoms with Crippen molar-refractivity contribution < 1.29 is 0 Å². The molecule has 0 radical (unpaired) electrons. The van der Waals surface area contributed by atoms with E-state index in [4.69, 9.17) is 15.2 Å². The van der Waals surface area contributed by atoms with Gasteiger partial charge in [-0.1, -0.05) is 17.7 Å². The lowest BCUT2D eigenvalue weighted by Crippen LogP contribution is -2.35. The largest absolute Gasteiger partial charge is 0.367 e. The Bertz CT molecular complexity index is 1100. The van der Waals surface area contributed by atoms with Crippen LogP contribution in [0.15, 0.2) is 42.5 Å². The van der Waals surface area contributed by atoms with Crippen molar-refractivity contribution in [2.45, 2.75) is 39.7 Å². The van der Waals surface area contributed by atoms with Gasteiger partial charge in [0.25, 0.3) is 0 Å². The van der Waals surface area contributed by atoms with Gasteiger partial charge in [0.2, 0.25) is 5.95 Å². The fourth-order valence-corrected chi connectivity index (χ4v) is 4.08. The third-order valence-electron chi connectivity index (χ3n) is 5.62. The van der Waals surface area contributed by atoms with Crippen molar-refractivity contribution in [1.29, 1.82) is 5.26 Å². The number of nitrogens with zero attached hydrogens (tertiary/aromatic N) is 3. The molecule has 2 aromatic carbocycles. The van der Waals surface area contributed by atoms with Crippen LogP contribution in [0.4, 0.5) is 29.0 Å². The molecule has 4 N–H and O–H groups in total. The Hall–Kier alpha value is -3.63. The van der Waals surface area contributed by atoms with Gasteiger partial charge in [0.1, 0.15) is 11.6 Å². The Labute approximate surface area is 189 Å². The van der Waals surface area contributed by atoms with Crippen molar-refractivity contribution >= 4 is 29.0 Å². The number of piperidine rings is 1. The Morgan fingerprint density at radius 2 is 1.56 bits per heavy atom. The molecular weight excluding hydrogens is 398 g/mol. The number of aromatic nitrogens is 2. The number of nitrogens with one attached hydrogen (secondary N) is 4. The highest BCUT2D eigenvalue weighted by atomic mass is 15.2. The fourth-order valence-electron chi connectivity index (χ4n) is 4.08. The Kier molecular flexibility index (Phi) is 6.52. The summed E-state index contributed by atoms with van der Waals surface area (Å²) in [7, 11) is 0. The summed E-state index contributed by atoms with van der Waals surface area (Å²) in [6, 6.07) is 16.1. The molecule has 0 spiro atoms. The molecule has 3 aromatic rings. The SMILES string of the molecule is Cc1cc(C)c(Nc2cc(NC3CCNCC3)nc(Nc3ccc(C#N)cc3)n2)c(C)c1. The average Bonchev–Trinajstić information content (AvgIpc) is 2.77. The molecular formula is C25H29N7. The van der Waals surface area contributed by atoms with Crippen LogP contribution >= 0.6 is 0 Å². The van der Waals surface area contributed by atoms with E-state index in [1.807, 2.05) is 18.2 Å². The van der Waals surface area contributed by atoms with E-state index in [0.717, 1.165) is 48.9 Å². The normalized spacial score (nSPS) is 13.9. The number of benzene rings is 2. The molecule has 0 amide bonds. The molecule has 1 aliphatic rings. The van der Waals surface area contributed by atoms with Gasteiger partial charge >= 0.3 is 0 Å². The molecule has 4 rings (SSSR count). The van der Waals surface area contributed by atoms with Crippen molar-refractivity contribution in [3.05, 3.63) is 64.7 Å². The first-order chi connectivity index (χ1) is 15.5. The molecule has 2 heterocycles. The smallest absolute Gasteiger partial charge is 0.231 e. The zero-order valence-electron chi connectivity index (χ0n) is 18.8. The highest BCUT2D eigenvalue weighted by Gasteiger charge is 2.15. The second kappa shape index (κ2) is 9.67. The summed E-state index contributed by atoms with van der Waals surface area (Å²) in [4.78, 5) is 9.42. The van der Waals surface area contributed by atoms with Crippen LogP contribution in [0.2, 0.25) is 0 Å². The summed E-state index contributed by atoms with van der Waals surface area (Å²) >= 11 is 0. The Morgan fingerprint density at radius 1 is 0.906 bits per heavy atom. The predicted molar refractivity (Wildman–Crippen MR) is 130 cm³/mol. The van der Waals surface area contributed by atoms with Gasteiger partial charge in [-0.25, -0.2) is 0 Å². The minimum absolute atomic E-state index is 0.379. The van der Waals surface area contributed by atoms with Gasteiger partial charge in [-0.05, 0) is 82.1 Å². The monoisotopic (exact) mass is 427 g/mol. The Morgan fingerprint density at radius 3 is 2.22 bits per heavy atom. The zero-order valence-corrected chi connectivity index (χ0v) is 18.8. The van der Waals surface area contributed by atoms with E-state index >= 15 is 0 Å². The van der Waals surface area contributed by atoms with Crippen LogP contribution in [0, 0.1) is 32.1 Å². The van der Waals surface area contributed by atoms with E-state index in [1.54, 1.807) is 12.1 Å². The number of nitriles is 1. The molecule has 1 aromatic heterocycles. The van der Waals surface area contributed by atoms with E-state index in [-0.39, 0.29) is 0 Å². The molecule has 7 nitrogen and oxygen atoms in total. The van der Waals surface area contributed by atoms with E-state index in [1.165, 1.54) is 16.7 Å². The first-order valence-electron chi connectivity index (χ1n) is 11.0. The Balaban J connectivity index is 1.64. The summed E-state index contributed by atoms with van der Waals surface area (Å²) in [5.74, 6) is 2.01. The first-order valence-corrected chi connectivity index (χ1v) is 11.0. The highest BCUT2D eigenvalue weighted by Crippen LogP contribution is 2.27. The van der Waals surface area contributed by atoms with Gasteiger partial charge in [0, 0.05) is 23.5 Å². The van der Waals surface area contributed by atoms with Gasteiger partial charge in [-0.3, -0.25) is 0 Å². The third-order valence-corrected chi connectivity index (χ3v) is 5.62. The van der Waals surface area contributed by atoms with Gasteiger partial charge in [0.15, 0.2) is 0 Å². The van der Waals surface area contributed by atoms with Crippen molar-refractivity contribution in [2.24, 2.45) is 0 Å². The van der Waals surface area contributed by atoms with Gasteiger partial charge in [-0.15, -0.1) is 0 Å². The summed E-state index contributed by atoms with van der Waals surface area (Å²) in [5.41, 5.74) is 6.10. The van der Waals surface area contributed by atoms with E-state index < -0.39 is 0 Å². The lowest BCUT2D eigenvalue weighted by Gasteiger charge is -2.24. The number of anilines is 5. The quantitative estimate of drug-likeness (QED) is 0.443. The first kappa shape index (κ1) is 21.6. The summed E-state index contributed by atoms with van der Waals surface area (Å²) in [5, 5.41) is 22.8. The van der Waals surface area contributed by atoms with E-state index in [0.29, 0.717) is 17.6 Å². The number of hydrogen-bond acceptors (Lipinski definition) is 7. The van der Waals surface area contributed by atoms with Crippen molar-refractivity contribution in [3.8, 4) is 6.07 Å². The minimum atomic E-state index is 0.379. The maximum atomic E-state index is 9.03. The minimum Gasteiger partial charge on any atom is -0.367 e. The van der Waals surface area contributed by atoms with Crippen LogP contribution in [0.3, 0.4) is 0 Å². The second-order valence-electron chi connectivity index (χ2n) is 8.34. The predicted octanol–water partition coefficient (Wildman–Crippen LogP) is 4.92. The van der Waals surface area contributed by atoms with Crippen molar-refractivity contribution in [3.63, 3.8) is 0 Å². The fraction of sp³-hybridized carbons (Fsp3) is 0.320. The van der Waals surface area contributed by atoms with Crippen LogP contribution in [-0.4, -0.2) is 29.1 Å². The molecule has 0 aliphatic carbocycles. The van der Waals surface area contributed by atoms with Crippen molar-refractivity contribution in [1.82, 2.24) is 15.3 Å². The number of rotatable bonds is 6. The van der Waals surface area contributed by atoms with Crippen LogP contribution in [-0.2, 0) is 0 Å². The van der Waals surface area contributed by atoms with Gasteiger partial charge in [-0.2, -0.15) is 15.2 Å². The topological polar surface area (TPSA) is 97.7 Å². The maximum Gasteiger partial charge on any atom is 0.231 e. The molecule has 0 bridgehead atoms. The molecule has 1 saturated heterocycles. The van der Waals surface area contributed by atoms with Crippen LogP contribution in [0.5, 0.6) is 0 Å². The van der Waals surface area contributed by atoms with E-state index in [9.17, 15) is 0 Å². The maximum absolute atomic E-state index is 9.03. The lowest BCUT2D eigenvalue weighted by atomic mass is 10.1. The summed E-state index contributed by atoms with van der Waals surface area (Å²) < 4.78 is 0. The number of hydrogen-bond donors (Lipinski definition) is 4. The highest BCUT2D eigenvalue weighted by molar-refractivity contribution is 5.68. The molecule has 0 saturated carbocycles. The molecule has 0 unspecified atom stereocenters. The van der Waals surface area contributed by atoms with Crippen LogP contribution < -0.4 is 21.3 Å². The molecule has 1 fully saturated rings. The molecule has 32 heavy (non-hydrogen) atoms. The molecule has 7 heteroatoms. The molecule has 164 valence electrons. The van der Waals surface area contributed by atoms with Gasteiger partial charge in [0.05, 0.1) is 11.6 Å². The zero-order chi connectivity index (χ0) is 22.5. The summed E-state index contributed by atoms with van der Waals surface area (Å²) in [6.07, 6.45) is 2.11. The lowest BCUT2D eigenvalue weighted by molar-refractivity contribution is 0.478. The summed E-state index contributed by atoms with van der Waals surface area (Å²) in [6.45, 7) is 8.33. The average molecular weight is 428 g/mol. The van der Waals surface area contributed by atoms with Crippen LogP contribution in [0.25, 0.3) is 0 Å². The second-order valence-corrected chi connectivity index (χ2v) is 8.34. The molecule has 0 atom stereocenters. The third kappa shape index (κ3) is 5.34.